The molecule has 0 saturated heterocycles. The molecule has 1 rings (SSSR count). The van der Waals surface area contributed by atoms with Crippen molar-refractivity contribution in [1.29, 1.82) is 0 Å². The number of ether oxygens (including phenoxy) is 1. The summed E-state index contributed by atoms with van der Waals surface area (Å²) >= 11 is 0. The number of nitrogen functional groups attached to an aromatic ring is 1. The Morgan fingerprint density at radius 3 is 2.65 bits per heavy atom. The van der Waals surface area contributed by atoms with Gasteiger partial charge >= 0.3 is 0 Å². The number of amides is 1. The number of methoxy groups -OCH3 is 1. The average Bonchev–Trinajstić information content (AvgIpc) is 2.38. The van der Waals surface area contributed by atoms with Crippen LogP contribution in [0.3, 0.4) is 0 Å². The molecular formula is C13H19N3O4. The lowest BCUT2D eigenvalue weighted by molar-refractivity contribution is -0.385. The summed E-state index contributed by atoms with van der Waals surface area (Å²) in [6, 6.07) is 3.89. The van der Waals surface area contributed by atoms with Crippen molar-refractivity contribution in [1.82, 2.24) is 4.90 Å². The van der Waals surface area contributed by atoms with Crippen LogP contribution in [0.4, 0.5) is 11.4 Å². The number of benzene rings is 1. The van der Waals surface area contributed by atoms with Gasteiger partial charge in [-0.05, 0) is 26.0 Å². The van der Waals surface area contributed by atoms with Gasteiger partial charge in [-0.15, -0.1) is 0 Å². The Balaban J connectivity index is 3.16. The highest BCUT2D eigenvalue weighted by atomic mass is 16.6. The molecule has 0 unspecified atom stereocenters. The fraction of sp³-hybridized carbons (Fsp3) is 0.462. The third kappa shape index (κ3) is 3.67. The molecule has 7 heteroatoms. The smallest absolute Gasteiger partial charge is 0.282 e. The maximum atomic E-state index is 12.5. The summed E-state index contributed by atoms with van der Waals surface area (Å²) in [4.78, 5) is 24.4. The van der Waals surface area contributed by atoms with E-state index >= 15 is 0 Å². The van der Waals surface area contributed by atoms with Gasteiger partial charge in [0.2, 0.25) is 0 Å². The molecule has 0 heterocycles. The molecule has 1 aromatic rings. The third-order valence-electron chi connectivity index (χ3n) is 2.87. The Morgan fingerprint density at radius 2 is 2.15 bits per heavy atom. The topological polar surface area (TPSA) is 98.7 Å². The molecular weight excluding hydrogens is 262 g/mol. The number of nitro benzene ring substituents is 1. The summed E-state index contributed by atoms with van der Waals surface area (Å²) in [6.07, 6.45) is 0. The molecule has 0 saturated carbocycles. The van der Waals surface area contributed by atoms with Gasteiger partial charge in [0.1, 0.15) is 5.56 Å². The van der Waals surface area contributed by atoms with Gasteiger partial charge in [0.25, 0.3) is 11.6 Å². The number of carbonyl (C=O) groups excluding carboxylic acids is 1. The quantitative estimate of drug-likeness (QED) is 0.486. The number of hydrogen-bond donors (Lipinski definition) is 1. The molecule has 0 aliphatic heterocycles. The molecule has 0 atom stereocenters. The molecule has 20 heavy (non-hydrogen) atoms. The second-order valence-electron chi connectivity index (χ2n) is 4.62. The average molecular weight is 281 g/mol. The van der Waals surface area contributed by atoms with Crippen molar-refractivity contribution in [3.8, 4) is 0 Å². The summed E-state index contributed by atoms with van der Waals surface area (Å²) in [5, 5.41) is 11.0. The van der Waals surface area contributed by atoms with E-state index in [4.69, 9.17) is 10.5 Å². The van der Waals surface area contributed by atoms with Crippen LogP contribution in [-0.2, 0) is 4.74 Å². The molecule has 1 amide bonds. The van der Waals surface area contributed by atoms with Crippen molar-refractivity contribution in [2.45, 2.75) is 19.9 Å². The van der Waals surface area contributed by atoms with E-state index in [0.717, 1.165) is 0 Å². The highest BCUT2D eigenvalue weighted by Gasteiger charge is 2.26. The van der Waals surface area contributed by atoms with Gasteiger partial charge in [-0.25, -0.2) is 0 Å². The van der Waals surface area contributed by atoms with Gasteiger partial charge < -0.3 is 15.4 Å². The Morgan fingerprint density at radius 1 is 1.50 bits per heavy atom. The maximum Gasteiger partial charge on any atom is 0.282 e. The first-order chi connectivity index (χ1) is 9.38. The Labute approximate surface area is 117 Å². The van der Waals surface area contributed by atoms with Gasteiger partial charge in [-0.1, -0.05) is 0 Å². The third-order valence-corrected chi connectivity index (χ3v) is 2.87. The van der Waals surface area contributed by atoms with E-state index < -0.39 is 10.8 Å². The highest BCUT2D eigenvalue weighted by Crippen LogP contribution is 2.23. The summed E-state index contributed by atoms with van der Waals surface area (Å²) in [5.74, 6) is -0.420. The predicted octanol–water partition coefficient (Wildman–Crippen LogP) is 1.67. The Bertz CT molecular complexity index is 502. The van der Waals surface area contributed by atoms with E-state index in [0.29, 0.717) is 18.8 Å². The highest BCUT2D eigenvalue weighted by molar-refractivity contribution is 5.99. The van der Waals surface area contributed by atoms with Crippen LogP contribution in [0, 0.1) is 10.1 Å². The SMILES string of the molecule is COCCN(C(=O)c1cc(N)ccc1[N+](=O)[O-])C(C)C. The van der Waals surface area contributed by atoms with E-state index in [9.17, 15) is 14.9 Å². The van der Waals surface area contributed by atoms with Crippen molar-refractivity contribution in [2.24, 2.45) is 0 Å². The van der Waals surface area contributed by atoms with Crippen LogP contribution in [-0.4, -0.2) is 42.0 Å². The molecule has 0 aliphatic carbocycles. The van der Waals surface area contributed by atoms with Crippen LogP contribution in [0.25, 0.3) is 0 Å². The zero-order chi connectivity index (χ0) is 15.3. The lowest BCUT2D eigenvalue weighted by Crippen LogP contribution is -2.39. The minimum Gasteiger partial charge on any atom is -0.399 e. The molecule has 0 spiro atoms. The molecule has 2 N–H and O–H groups in total. The molecule has 0 aromatic heterocycles. The number of nitro groups is 1. The number of nitrogens with zero attached hydrogens (tertiary/aromatic N) is 2. The molecule has 0 radical (unpaired) electrons. The molecule has 0 bridgehead atoms. The van der Waals surface area contributed by atoms with Crippen molar-refractivity contribution in [3.63, 3.8) is 0 Å². The van der Waals surface area contributed by atoms with Gasteiger partial charge in [-0.3, -0.25) is 14.9 Å². The van der Waals surface area contributed by atoms with E-state index in [-0.39, 0.29) is 17.3 Å². The largest absolute Gasteiger partial charge is 0.399 e. The molecule has 110 valence electrons. The van der Waals surface area contributed by atoms with Gasteiger partial charge in [0.05, 0.1) is 11.5 Å². The van der Waals surface area contributed by atoms with Gasteiger partial charge in [-0.2, -0.15) is 0 Å². The Hall–Kier alpha value is -2.15. The van der Waals surface area contributed by atoms with E-state index in [1.807, 2.05) is 13.8 Å². The van der Waals surface area contributed by atoms with Crippen LogP contribution in [0.2, 0.25) is 0 Å². The first-order valence-corrected chi connectivity index (χ1v) is 6.22. The molecule has 7 nitrogen and oxygen atoms in total. The first-order valence-electron chi connectivity index (χ1n) is 6.22. The van der Waals surface area contributed by atoms with E-state index in [2.05, 4.69) is 0 Å². The van der Waals surface area contributed by atoms with Crippen molar-refractivity contribution in [3.05, 3.63) is 33.9 Å². The summed E-state index contributed by atoms with van der Waals surface area (Å²) in [5.41, 5.74) is 5.69. The number of nitrogens with two attached hydrogens (primary N) is 1. The minimum absolute atomic E-state index is 0.000182. The van der Waals surface area contributed by atoms with Crippen LogP contribution in [0.1, 0.15) is 24.2 Å². The van der Waals surface area contributed by atoms with E-state index in [1.54, 1.807) is 0 Å². The summed E-state index contributed by atoms with van der Waals surface area (Å²) in [6.45, 7) is 4.40. The normalized spacial score (nSPS) is 10.6. The van der Waals surface area contributed by atoms with Crippen LogP contribution >= 0.6 is 0 Å². The second kappa shape index (κ2) is 6.85. The summed E-state index contributed by atoms with van der Waals surface area (Å²) in [7, 11) is 1.53. The standard InChI is InChI=1S/C13H19N3O4/c1-9(2)15(6-7-20-3)13(17)11-8-10(14)4-5-12(11)16(18)19/h4-5,8-9H,6-7,14H2,1-3H3. The molecule has 0 fully saturated rings. The van der Waals surface area contributed by atoms with Crippen molar-refractivity contribution >= 4 is 17.3 Å². The minimum atomic E-state index is -0.582. The zero-order valence-electron chi connectivity index (χ0n) is 11.8. The Kier molecular flexibility index (Phi) is 5.45. The predicted molar refractivity (Wildman–Crippen MR) is 75.6 cm³/mol. The number of rotatable bonds is 6. The fourth-order valence-electron chi connectivity index (χ4n) is 1.82. The number of anilines is 1. The zero-order valence-corrected chi connectivity index (χ0v) is 11.8. The second-order valence-corrected chi connectivity index (χ2v) is 4.62. The molecule has 0 aliphatic rings. The number of hydrogen-bond acceptors (Lipinski definition) is 5. The van der Waals surface area contributed by atoms with Crippen LogP contribution < -0.4 is 5.73 Å². The van der Waals surface area contributed by atoms with Gasteiger partial charge in [0, 0.05) is 31.5 Å². The van der Waals surface area contributed by atoms with Gasteiger partial charge in [0.15, 0.2) is 0 Å². The monoisotopic (exact) mass is 281 g/mol. The maximum absolute atomic E-state index is 12.5. The molecule has 1 aromatic carbocycles. The lowest BCUT2D eigenvalue weighted by Gasteiger charge is -2.26. The number of carbonyl (C=O) groups is 1. The van der Waals surface area contributed by atoms with Crippen molar-refractivity contribution in [2.75, 3.05) is 26.0 Å². The summed E-state index contributed by atoms with van der Waals surface area (Å²) < 4.78 is 4.96. The van der Waals surface area contributed by atoms with E-state index in [1.165, 1.54) is 30.2 Å². The first kappa shape index (κ1) is 15.9. The van der Waals surface area contributed by atoms with Crippen molar-refractivity contribution < 1.29 is 14.5 Å². The fourth-order valence-corrected chi connectivity index (χ4v) is 1.82. The van der Waals surface area contributed by atoms with Crippen LogP contribution in [0.15, 0.2) is 18.2 Å². The lowest BCUT2D eigenvalue weighted by atomic mass is 10.1. The van der Waals surface area contributed by atoms with Crippen LogP contribution in [0.5, 0.6) is 0 Å².